The minimum absolute atomic E-state index is 0.0444. The quantitative estimate of drug-likeness (QED) is 0.293. The van der Waals surface area contributed by atoms with Gasteiger partial charge in [0, 0.05) is 61.9 Å². The molecule has 1 aliphatic heterocycles. The van der Waals surface area contributed by atoms with E-state index in [1.54, 1.807) is 40.3 Å². The minimum Gasteiger partial charge on any atom is -0.481 e. The molecule has 12 nitrogen and oxygen atoms in total. The molecular weight excluding hydrogens is 550 g/mol. The molecule has 1 aliphatic rings. The van der Waals surface area contributed by atoms with Crippen molar-refractivity contribution in [2.24, 2.45) is 0 Å². The number of nitrogens with one attached hydrogen (secondary N) is 1. The van der Waals surface area contributed by atoms with Crippen LogP contribution in [-0.2, 0) is 16.1 Å². The SMILES string of the molecule is O=C(O)CCN1CCN(C(=O)Cn2cc(Nc3cnn4cccnc34)c(-c3cc(Cl)ccc3OC(F)F)n2)CC1. The van der Waals surface area contributed by atoms with Gasteiger partial charge in [-0.25, -0.2) is 9.50 Å². The Morgan fingerprint density at radius 2 is 1.98 bits per heavy atom. The Morgan fingerprint density at radius 1 is 1.18 bits per heavy atom. The second-order valence-corrected chi connectivity index (χ2v) is 9.48. The third-order valence-electron chi connectivity index (χ3n) is 6.39. The molecule has 1 amide bonds. The number of carbonyl (C=O) groups is 2. The van der Waals surface area contributed by atoms with E-state index in [4.69, 9.17) is 21.4 Å². The number of halogens is 3. The molecule has 0 saturated carbocycles. The van der Waals surface area contributed by atoms with Crippen LogP contribution in [0.3, 0.4) is 0 Å². The van der Waals surface area contributed by atoms with Crippen molar-refractivity contribution in [3.8, 4) is 17.0 Å². The summed E-state index contributed by atoms with van der Waals surface area (Å²) >= 11 is 6.20. The van der Waals surface area contributed by atoms with Crippen LogP contribution in [0.1, 0.15) is 6.42 Å². The maximum Gasteiger partial charge on any atom is 0.387 e. The number of hydrogen-bond donors (Lipinski definition) is 2. The van der Waals surface area contributed by atoms with Crippen LogP contribution in [0.2, 0.25) is 5.02 Å². The topological polar surface area (TPSA) is 130 Å². The number of amides is 1. The fourth-order valence-electron chi connectivity index (χ4n) is 4.45. The first-order valence-corrected chi connectivity index (χ1v) is 12.7. The highest BCUT2D eigenvalue weighted by Gasteiger charge is 2.24. The second-order valence-electron chi connectivity index (χ2n) is 9.05. The van der Waals surface area contributed by atoms with Crippen LogP contribution < -0.4 is 10.1 Å². The van der Waals surface area contributed by atoms with Crippen molar-refractivity contribution in [2.75, 3.05) is 38.0 Å². The largest absolute Gasteiger partial charge is 0.481 e. The number of piperazine rings is 1. The van der Waals surface area contributed by atoms with E-state index in [0.717, 1.165) is 0 Å². The number of carboxylic acids is 1. The third-order valence-corrected chi connectivity index (χ3v) is 6.62. The number of alkyl halides is 2. The van der Waals surface area contributed by atoms with E-state index >= 15 is 0 Å². The average molecular weight is 575 g/mol. The fraction of sp³-hybridized carbons (Fsp3) is 0.320. The Hall–Kier alpha value is -4.30. The van der Waals surface area contributed by atoms with Crippen molar-refractivity contribution in [1.29, 1.82) is 0 Å². The van der Waals surface area contributed by atoms with Gasteiger partial charge in [0.05, 0.1) is 18.3 Å². The summed E-state index contributed by atoms with van der Waals surface area (Å²) in [4.78, 5) is 32.0. The summed E-state index contributed by atoms with van der Waals surface area (Å²) in [7, 11) is 0. The highest BCUT2D eigenvalue weighted by molar-refractivity contribution is 6.31. The number of hydrogen-bond acceptors (Lipinski definition) is 8. The fourth-order valence-corrected chi connectivity index (χ4v) is 4.62. The first-order chi connectivity index (χ1) is 19.3. The molecule has 5 rings (SSSR count). The number of carbonyl (C=O) groups excluding carboxylic acids is 1. The first-order valence-electron chi connectivity index (χ1n) is 12.4. The number of aromatic nitrogens is 5. The lowest BCUT2D eigenvalue weighted by atomic mass is 10.1. The molecule has 2 N–H and O–H groups in total. The van der Waals surface area contributed by atoms with Crippen molar-refractivity contribution in [2.45, 2.75) is 19.6 Å². The van der Waals surface area contributed by atoms with Crippen molar-refractivity contribution < 1.29 is 28.2 Å². The Bertz CT molecular complexity index is 1520. The van der Waals surface area contributed by atoms with Crippen LogP contribution in [0.4, 0.5) is 20.2 Å². The Balaban J connectivity index is 1.41. The van der Waals surface area contributed by atoms with E-state index in [-0.39, 0.29) is 40.9 Å². The van der Waals surface area contributed by atoms with Gasteiger partial charge >= 0.3 is 12.6 Å². The summed E-state index contributed by atoms with van der Waals surface area (Å²) in [5.41, 5.74) is 1.89. The molecule has 210 valence electrons. The summed E-state index contributed by atoms with van der Waals surface area (Å²) in [5, 5.41) is 21.2. The van der Waals surface area contributed by atoms with Gasteiger partial charge in [0.1, 0.15) is 23.7 Å². The Kier molecular flexibility index (Phi) is 8.07. The highest BCUT2D eigenvalue weighted by Crippen LogP contribution is 2.38. The minimum atomic E-state index is -3.07. The maximum absolute atomic E-state index is 13.2. The molecule has 1 fully saturated rings. The molecule has 0 unspecified atom stereocenters. The predicted octanol–water partition coefficient (Wildman–Crippen LogP) is 3.21. The van der Waals surface area contributed by atoms with Gasteiger partial charge in [-0.15, -0.1) is 0 Å². The zero-order chi connectivity index (χ0) is 28.2. The molecule has 40 heavy (non-hydrogen) atoms. The summed E-state index contributed by atoms with van der Waals surface area (Å²) < 4.78 is 34.1. The molecular formula is C25H25ClF2N8O4. The van der Waals surface area contributed by atoms with Crippen LogP contribution in [0.15, 0.2) is 49.1 Å². The number of ether oxygens (including phenoxy) is 1. The van der Waals surface area contributed by atoms with Crippen LogP contribution in [-0.4, -0.2) is 90.5 Å². The summed E-state index contributed by atoms with van der Waals surface area (Å²) in [5.74, 6) is -1.18. The number of anilines is 2. The van der Waals surface area contributed by atoms with E-state index in [1.807, 2.05) is 4.90 Å². The average Bonchev–Trinajstić information content (AvgIpc) is 3.52. The molecule has 3 aromatic heterocycles. The van der Waals surface area contributed by atoms with E-state index in [0.29, 0.717) is 49.7 Å². The number of carboxylic acid groups (broad SMARTS) is 1. The molecule has 0 atom stereocenters. The number of benzene rings is 1. The smallest absolute Gasteiger partial charge is 0.387 e. The third kappa shape index (κ3) is 6.29. The Labute approximate surface area is 231 Å². The highest BCUT2D eigenvalue weighted by atomic mass is 35.5. The normalized spacial score (nSPS) is 14.2. The molecule has 0 bridgehead atoms. The molecule has 1 aromatic carbocycles. The van der Waals surface area contributed by atoms with E-state index < -0.39 is 12.6 Å². The van der Waals surface area contributed by atoms with Gasteiger partial charge < -0.3 is 20.1 Å². The first kappa shape index (κ1) is 27.3. The van der Waals surface area contributed by atoms with Crippen molar-refractivity contribution in [3.05, 3.63) is 54.1 Å². The van der Waals surface area contributed by atoms with Crippen molar-refractivity contribution in [3.63, 3.8) is 0 Å². The van der Waals surface area contributed by atoms with Crippen molar-refractivity contribution >= 4 is 40.5 Å². The van der Waals surface area contributed by atoms with Gasteiger partial charge in [0.15, 0.2) is 5.65 Å². The predicted molar refractivity (Wildman–Crippen MR) is 141 cm³/mol. The van der Waals surface area contributed by atoms with Gasteiger partial charge in [-0.05, 0) is 24.3 Å². The van der Waals surface area contributed by atoms with Gasteiger partial charge in [0.25, 0.3) is 0 Å². The molecule has 0 spiro atoms. The van der Waals surface area contributed by atoms with Crippen molar-refractivity contribution in [1.82, 2.24) is 34.2 Å². The van der Waals surface area contributed by atoms with Gasteiger partial charge in [-0.2, -0.15) is 19.0 Å². The summed E-state index contributed by atoms with van der Waals surface area (Å²) in [6.45, 7) is -0.723. The standard InChI is InChI=1S/C25H25ClF2N8O4/c26-16-2-3-20(40-25(27)28)17(12-16)23-19(31-18-13-30-36-6-1-5-29-24(18)36)14-35(32-23)15-21(37)34-10-8-33(9-11-34)7-4-22(38)39/h1-3,5-6,12-14,25,31H,4,7-11,15H2,(H,38,39). The number of fused-ring (bicyclic) bond motifs is 1. The van der Waals surface area contributed by atoms with Gasteiger partial charge in [-0.3, -0.25) is 19.2 Å². The lowest BCUT2D eigenvalue weighted by molar-refractivity contribution is -0.138. The second kappa shape index (κ2) is 11.8. The van der Waals surface area contributed by atoms with E-state index in [2.05, 4.69) is 20.5 Å². The number of nitrogens with zero attached hydrogens (tertiary/aromatic N) is 7. The zero-order valence-corrected chi connectivity index (χ0v) is 21.8. The summed E-state index contributed by atoms with van der Waals surface area (Å²) in [6, 6.07) is 5.95. The van der Waals surface area contributed by atoms with Gasteiger partial charge in [-0.1, -0.05) is 11.6 Å². The van der Waals surface area contributed by atoms with E-state index in [1.165, 1.54) is 22.9 Å². The molecule has 1 saturated heterocycles. The zero-order valence-electron chi connectivity index (χ0n) is 21.1. The number of rotatable bonds is 10. The number of aliphatic carboxylic acids is 1. The van der Waals surface area contributed by atoms with Crippen LogP contribution >= 0.6 is 11.6 Å². The van der Waals surface area contributed by atoms with E-state index in [9.17, 15) is 18.4 Å². The Morgan fingerprint density at radius 3 is 2.73 bits per heavy atom. The van der Waals surface area contributed by atoms with Crippen LogP contribution in [0.25, 0.3) is 16.9 Å². The lowest BCUT2D eigenvalue weighted by Crippen LogP contribution is -2.49. The monoisotopic (exact) mass is 574 g/mol. The maximum atomic E-state index is 13.2. The molecule has 15 heteroatoms. The molecule has 0 aliphatic carbocycles. The van der Waals surface area contributed by atoms with Crippen LogP contribution in [0.5, 0.6) is 5.75 Å². The van der Waals surface area contributed by atoms with Gasteiger partial charge in [0.2, 0.25) is 5.91 Å². The summed E-state index contributed by atoms with van der Waals surface area (Å²) in [6.07, 6.45) is 6.53. The van der Waals surface area contributed by atoms with Crippen LogP contribution in [0, 0.1) is 0 Å². The molecule has 4 heterocycles. The molecule has 0 radical (unpaired) electrons. The lowest BCUT2D eigenvalue weighted by Gasteiger charge is -2.34. The molecule has 4 aromatic rings.